The Morgan fingerprint density at radius 2 is 1.78 bits per heavy atom. The van der Waals surface area contributed by atoms with Gasteiger partial charge in [0.15, 0.2) is 11.6 Å². The van der Waals surface area contributed by atoms with Crippen LogP contribution in [0.4, 0.5) is 0 Å². The highest BCUT2D eigenvalue weighted by Gasteiger charge is 2.32. The molecular formula is C20H23NO2. The van der Waals surface area contributed by atoms with E-state index in [9.17, 15) is 9.59 Å². The van der Waals surface area contributed by atoms with Crippen molar-refractivity contribution in [3.8, 4) is 0 Å². The molecule has 1 aliphatic rings. The van der Waals surface area contributed by atoms with Gasteiger partial charge < -0.3 is 4.98 Å². The number of carbonyl (C=O) groups excluding carboxylic acids is 2. The first kappa shape index (κ1) is 15.7. The first-order chi connectivity index (χ1) is 10.8. The third-order valence-electron chi connectivity index (χ3n) is 4.44. The van der Waals surface area contributed by atoms with Gasteiger partial charge in [0.1, 0.15) is 0 Å². The normalized spacial score (nSPS) is 19.4. The number of nitrogens with one attached hydrogen (secondary N) is 1. The SMILES string of the molecule is CC(C)(C)CC=C1C(=O)CC(c2c[nH]c3ccccc23)CC1=O. The molecular weight excluding hydrogens is 286 g/mol. The van der Waals surface area contributed by atoms with Crippen LogP contribution in [0, 0.1) is 5.41 Å². The molecule has 120 valence electrons. The molecule has 1 aromatic carbocycles. The fourth-order valence-electron chi connectivity index (χ4n) is 3.18. The van der Waals surface area contributed by atoms with E-state index in [-0.39, 0.29) is 22.9 Å². The Morgan fingerprint density at radius 3 is 2.43 bits per heavy atom. The number of para-hydroxylation sites is 1. The lowest BCUT2D eigenvalue weighted by atomic mass is 9.78. The quantitative estimate of drug-likeness (QED) is 0.653. The van der Waals surface area contributed by atoms with E-state index >= 15 is 0 Å². The van der Waals surface area contributed by atoms with Crippen LogP contribution in [0.3, 0.4) is 0 Å². The molecule has 1 heterocycles. The number of benzene rings is 1. The predicted molar refractivity (Wildman–Crippen MR) is 92.4 cm³/mol. The highest BCUT2D eigenvalue weighted by atomic mass is 16.1. The lowest BCUT2D eigenvalue weighted by Gasteiger charge is -2.23. The third kappa shape index (κ3) is 3.29. The summed E-state index contributed by atoms with van der Waals surface area (Å²) in [7, 11) is 0. The Kier molecular flexibility index (Phi) is 3.97. The van der Waals surface area contributed by atoms with Gasteiger partial charge in [-0.25, -0.2) is 0 Å². The third-order valence-corrected chi connectivity index (χ3v) is 4.44. The molecule has 3 rings (SSSR count). The smallest absolute Gasteiger partial charge is 0.166 e. The van der Waals surface area contributed by atoms with Crippen molar-refractivity contribution in [2.75, 3.05) is 0 Å². The summed E-state index contributed by atoms with van der Waals surface area (Å²) in [5.74, 6) is -0.0421. The average Bonchev–Trinajstić information content (AvgIpc) is 2.89. The largest absolute Gasteiger partial charge is 0.361 e. The molecule has 1 fully saturated rings. The number of rotatable bonds is 2. The molecule has 0 amide bonds. The summed E-state index contributed by atoms with van der Waals surface area (Å²) in [6.45, 7) is 6.32. The van der Waals surface area contributed by atoms with Crippen LogP contribution >= 0.6 is 0 Å². The number of Topliss-reactive ketones (excluding diaryl/α,β-unsaturated/α-hetero) is 2. The number of hydrogen-bond acceptors (Lipinski definition) is 2. The van der Waals surface area contributed by atoms with Crippen LogP contribution in [0.1, 0.15) is 51.5 Å². The summed E-state index contributed by atoms with van der Waals surface area (Å²) >= 11 is 0. The zero-order valence-electron chi connectivity index (χ0n) is 14.0. The Balaban J connectivity index is 1.85. The van der Waals surface area contributed by atoms with Gasteiger partial charge >= 0.3 is 0 Å². The minimum absolute atomic E-state index is 0.0132. The van der Waals surface area contributed by atoms with Gasteiger partial charge in [-0.1, -0.05) is 45.0 Å². The minimum atomic E-state index is -0.0158. The van der Waals surface area contributed by atoms with E-state index in [1.807, 2.05) is 36.5 Å². The van der Waals surface area contributed by atoms with Crippen LogP contribution in [0.25, 0.3) is 10.9 Å². The van der Waals surface area contributed by atoms with Crippen molar-refractivity contribution in [3.63, 3.8) is 0 Å². The minimum Gasteiger partial charge on any atom is -0.361 e. The van der Waals surface area contributed by atoms with Gasteiger partial charge in [-0.3, -0.25) is 9.59 Å². The van der Waals surface area contributed by atoms with E-state index in [4.69, 9.17) is 0 Å². The average molecular weight is 309 g/mol. The summed E-state index contributed by atoms with van der Waals surface area (Å²) in [5, 5.41) is 1.11. The summed E-state index contributed by atoms with van der Waals surface area (Å²) in [6, 6.07) is 8.02. The maximum Gasteiger partial charge on any atom is 0.166 e. The Bertz CT molecular complexity index is 769. The summed E-state index contributed by atoms with van der Waals surface area (Å²) in [4.78, 5) is 28.2. The molecule has 0 atom stereocenters. The summed E-state index contributed by atoms with van der Waals surface area (Å²) in [5.41, 5.74) is 2.63. The van der Waals surface area contributed by atoms with Gasteiger partial charge in [0, 0.05) is 35.9 Å². The van der Waals surface area contributed by atoms with E-state index in [1.165, 1.54) is 0 Å². The van der Waals surface area contributed by atoms with Crippen molar-refractivity contribution >= 4 is 22.5 Å². The Hall–Kier alpha value is -2.16. The molecule has 0 spiro atoms. The Labute approximate surface area is 136 Å². The molecule has 0 aliphatic heterocycles. The zero-order valence-corrected chi connectivity index (χ0v) is 14.0. The van der Waals surface area contributed by atoms with Crippen molar-refractivity contribution in [3.05, 3.63) is 47.7 Å². The molecule has 0 bridgehead atoms. The highest BCUT2D eigenvalue weighted by Crippen LogP contribution is 2.36. The standard InChI is InChI=1S/C20H23NO2/c1-20(2,3)9-8-15-18(22)10-13(11-19(15)23)16-12-21-17-7-5-4-6-14(16)17/h4-8,12-13,21H,9-11H2,1-3H3. The number of fused-ring (bicyclic) bond motifs is 1. The molecule has 3 nitrogen and oxygen atoms in total. The molecule has 1 aromatic heterocycles. The van der Waals surface area contributed by atoms with Crippen LogP contribution < -0.4 is 0 Å². The van der Waals surface area contributed by atoms with Gasteiger partial charge in [0.25, 0.3) is 0 Å². The number of ketones is 2. The van der Waals surface area contributed by atoms with Crippen molar-refractivity contribution in [2.45, 2.75) is 46.0 Å². The monoisotopic (exact) mass is 309 g/mol. The van der Waals surface area contributed by atoms with Gasteiger partial charge in [-0.05, 0) is 23.5 Å². The van der Waals surface area contributed by atoms with Crippen LogP contribution in [0.5, 0.6) is 0 Å². The molecule has 2 aromatic rings. The van der Waals surface area contributed by atoms with Crippen LogP contribution in [0.15, 0.2) is 42.1 Å². The van der Waals surface area contributed by atoms with Gasteiger partial charge in [0.2, 0.25) is 0 Å². The lowest BCUT2D eigenvalue weighted by molar-refractivity contribution is -0.124. The summed E-state index contributed by atoms with van der Waals surface area (Å²) < 4.78 is 0. The van der Waals surface area contributed by atoms with Crippen molar-refractivity contribution in [2.24, 2.45) is 5.41 Å². The van der Waals surface area contributed by atoms with E-state index in [0.29, 0.717) is 18.4 Å². The fraction of sp³-hybridized carbons (Fsp3) is 0.400. The number of aromatic nitrogens is 1. The fourth-order valence-corrected chi connectivity index (χ4v) is 3.18. The van der Waals surface area contributed by atoms with Gasteiger partial charge in [0.05, 0.1) is 5.57 Å². The first-order valence-electron chi connectivity index (χ1n) is 8.18. The van der Waals surface area contributed by atoms with Gasteiger partial charge in [-0.15, -0.1) is 0 Å². The van der Waals surface area contributed by atoms with Gasteiger partial charge in [-0.2, -0.15) is 0 Å². The van der Waals surface area contributed by atoms with E-state index in [0.717, 1.165) is 22.9 Å². The van der Waals surface area contributed by atoms with Crippen LogP contribution in [-0.2, 0) is 9.59 Å². The molecule has 0 unspecified atom stereocenters. The number of allylic oxidation sites excluding steroid dienone is 2. The van der Waals surface area contributed by atoms with Crippen molar-refractivity contribution in [1.82, 2.24) is 4.98 Å². The molecule has 3 heteroatoms. The molecule has 1 N–H and O–H groups in total. The topological polar surface area (TPSA) is 49.9 Å². The maximum absolute atomic E-state index is 12.5. The van der Waals surface area contributed by atoms with E-state index < -0.39 is 0 Å². The maximum atomic E-state index is 12.5. The zero-order chi connectivity index (χ0) is 16.6. The first-order valence-corrected chi connectivity index (χ1v) is 8.18. The molecule has 0 saturated heterocycles. The number of carbonyl (C=O) groups is 2. The predicted octanol–water partition coefficient (Wildman–Crippen LogP) is 4.55. The second kappa shape index (κ2) is 5.80. The van der Waals surface area contributed by atoms with Crippen LogP contribution in [0.2, 0.25) is 0 Å². The van der Waals surface area contributed by atoms with E-state index in [2.05, 4.69) is 25.8 Å². The molecule has 1 saturated carbocycles. The van der Waals surface area contributed by atoms with Crippen molar-refractivity contribution in [1.29, 1.82) is 0 Å². The number of H-pyrrole nitrogens is 1. The molecule has 0 radical (unpaired) electrons. The summed E-state index contributed by atoms with van der Waals surface area (Å²) in [6.07, 6.45) is 5.38. The lowest BCUT2D eigenvalue weighted by Crippen LogP contribution is -2.25. The molecule has 1 aliphatic carbocycles. The second-order valence-electron chi connectivity index (χ2n) is 7.62. The van der Waals surface area contributed by atoms with Crippen molar-refractivity contribution < 1.29 is 9.59 Å². The Morgan fingerprint density at radius 1 is 1.13 bits per heavy atom. The second-order valence-corrected chi connectivity index (χ2v) is 7.62. The van der Waals surface area contributed by atoms with E-state index in [1.54, 1.807) is 0 Å². The number of aromatic amines is 1. The molecule has 23 heavy (non-hydrogen) atoms. The number of hydrogen-bond donors (Lipinski definition) is 1. The highest BCUT2D eigenvalue weighted by molar-refractivity contribution is 6.22. The van der Waals surface area contributed by atoms with Crippen LogP contribution in [-0.4, -0.2) is 16.6 Å².